The molecule has 1 nitrogen and oxygen atoms in total. The summed E-state index contributed by atoms with van der Waals surface area (Å²) in [6, 6.07) is 0. The Balaban J connectivity index is 1.59. The third-order valence-electron chi connectivity index (χ3n) is 5.13. The molecule has 0 unspecified atom stereocenters. The van der Waals surface area contributed by atoms with Crippen molar-refractivity contribution in [1.29, 1.82) is 0 Å². The second kappa shape index (κ2) is 7.47. The van der Waals surface area contributed by atoms with E-state index >= 15 is 0 Å². The molecule has 0 aromatic rings. The number of allylic oxidation sites excluding steroid dienone is 1. The average molecular weight is 264 g/mol. The molecular formula is C18H32O. The third kappa shape index (κ3) is 5.30. The number of hydrogen-bond acceptors (Lipinski definition) is 1. The molecule has 0 amide bonds. The maximum atomic E-state index is 6.19. The van der Waals surface area contributed by atoms with Gasteiger partial charge in [0.2, 0.25) is 0 Å². The summed E-state index contributed by atoms with van der Waals surface area (Å²) in [6.07, 6.45) is 12.7. The van der Waals surface area contributed by atoms with Crippen molar-refractivity contribution in [2.75, 3.05) is 6.61 Å². The summed E-state index contributed by atoms with van der Waals surface area (Å²) in [4.78, 5) is 0. The molecule has 1 heteroatoms. The fraction of sp³-hybridized carbons (Fsp3) is 0.889. The minimum Gasteiger partial charge on any atom is -0.378 e. The van der Waals surface area contributed by atoms with E-state index < -0.39 is 0 Å². The lowest BCUT2D eigenvalue weighted by molar-refractivity contribution is -0.00890. The van der Waals surface area contributed by atoms with Crippen LogP contribution in [-0.2, 0) is 4.74 Å². The first-order valence-electron chi connectivity index (χ1n) is 8.39. The first-order chi connectivity index (χ1) is 9.13. The Hall–Kier alpha value is -0.300. The summed E-state index contributed by atoms with van der Waals surface area (Å²) in [5, 5.41) is 0. The lowest BCUT2D eigenvalue weighted by Crippen LogP contribution is -2.25. The molecule has 0 aromatic heterocycles. The molecular weight excluding hydrogens is 232 g/mol. The first-order valence-corrected chi connectivity index (χ1v) is 8.39. The second-order valence-electron chi connectivity index (χ2n) is 7.26. The Morgan fingerprint density at radius 1 is 0.947 bits per heavy atom. The van der Waals surface area contributed by atoms with Crippen LogP contribution >= 0.6 is 0 Å². The Bertz CT molecular complexity index is 267. The molecule has 0 radical (unpaired) electrons. The van der Waals surface area contributed by atoms with Gasteiger partial charge < -0.3 is 4.74 Å². The maximum absolute atomic E-state index is 6.19. The first kappa shape index (κ1) is 15.1. The molecule has 19 heavy (non-hydrogen) atoms. The van der Waals surface area contributed by atoms with E-state index in [9.17, 15) is 0 Å². The summed E-state index contributed by atoms with van der Waals surface area (Å²) in [6.45, 7) is 9.62. The highest BCUT2D eigenvalue weighted by Crippen LogP contribution is 2.32. The third-order valence-corrected chi connectivity index (χ3v) is 5.13. The van der Waals surface area contributed by atoms with Gasteiger partial charge in [-0.25, -0.2) is 0 Å². The van der Waals surface area contributed by atoms with Crippen molar-refractivity contribution in [2.45, 2.75) is 77.7 Å². The summed E-state index contributed by atoms with van der Waals surface area (Å²) < 4.78 is 6.19. The molecule has 0 atom stereocenters. The Labute approximate surface area is 119 Å². The van der Waals surface area contributed by atoms with Crippen LogP contribution in [0.3, 0.4) is 0 Å². The van der Waals surface area contributed by atoms with Gasteiger partial charge in [-0.15, -0.1) is 6.58 Å². The quantitative estimate of drug-likeness (QED) is 0.608. The molecule has 2 saturated carbocycles. The van der Waals surface area contributed by atoms with Crippen LogP contribution < -0.4 is 0 Å². The summed E-state index contributed by atoms with van der Waals surface area (Å²) in [5.41, 5.74) is 1.35. The fourth-order valence-electron chi connectivity index (χ4n) is 3.76. The topological polar surface area (TPSA) is 9.23 Å². The van der Waals surface area contributed by atoms with Crippen LogP contribution in [0.2, 0.25) is 0 Å². The Kier molecular flexibility index (Phi) is 5.94. The van der Waals surface area contributed by atoms with Gasteiger partial charge >= 0.3 is 0 Å². The van der Waals surface area contributed by atoms with Crippen molar-refractivity contribution in [3.63, 3.8) is 0 Å². The van der Waals surface area contributed by atoms with Crippen LogP contribution in [0, 0.1) is 17.8 Å². The smallest absolute Gasteiger partial charge is 0.0575 e. The Morgan fingerprint density at radius 3 is 2.11 bits per heavy atom. The van der Waals surface area contributed by atoms with Gasteiger partial charge in [-0.3, -0.25) is 0 Å². The van der Waals surface area contributed by atoms with Gasteiger partial charge in [-0.1, -0.05) is 25.3 Å². The van der Waals surface area contributed by atoms with E-state index in [0.29, 0.717) is 6.10 Å². The predicted molar refractivity (Wildman–Crippen MR) is 82.3 cm³/mol. The lowest BCUT2D eigenvalue weighted by Gasteiger charge is -2.31. The minimum atomic E-state index is 0.556. The molecule has 0 saturated heterocycles. The van der Waals surface area contributed by atoms with Crippen LogP contribution in [0.15, 0.2) is 12.2 Å². The van der Waals surface area contributed by atoms with Gasteiger partial charge in [0.25, 0.3) is 0 Å². The fourth-order valence-corrected chi connectivity index (χ4v) is 3.76. The second-order valence-corrected chi connectivity index (χ2v) is 7.26. The van der Waals surface area contributed by atoms with E-state index in [1.165, 1.54) is 63.4 Å². The number of hydrogen-bond donors (Lipinski definition) is 0. The highest BCUT2D eigenvalue weighted by atomic mass is 16.5. The van der Waals surface area contributed by atoms with E-state index in [2.05, 4.69) is 20.4 Å². The zero-order valence-corrected chi connectivity index (χ0v) is 13.0. The van der Waals surface area contributed by atoms with Gasteiger partial charge in [0, 0.05) is 6.61 Å². The highest BCUT2D eigenvalue weighted by Gasteiger charge is 2.24. The molecule has 0 N–H and O–H groups in total. The van der Waals surface area contributed by atoms with E-state index in [1.54, 1.807) is 0 Å². The highest BCUT2D eigenvalue weighted by molar-refractivity contribution is 4.91. The molecule has 2 aliphatic rings. The predicted octanol–water partition coefficient (Wildman–Crippen LogP) is 5.35. The van der Waals surface area contributed by atoms with Crippen molar-refractivity contribution in [2.24, 2.45) is 17.8 Å². The Morgan fingerprint density at radius 2 is 1.53 bits per heavy atom. The van der Waals surface area contributed by atoms with E-state index in [1.807, 2.05) is 0 Å². The summed E-state index contributed by atoms with van der Waals surface area (Å²) in [5.74, 6) is 2.69. The van der Waals surface area contributed by atoms with Gasteiger partial charge in [0.05, 0.1) is 6.10 Å². The van der Waals surface area contributed by atoms with Crippen molar-refractivity contribution in [1.82, 2.24) is 0 Å². The minimum absolute atomic E-state index is 0.556. The standard InChI is InChI=1S/C18H32O/c1-14(2)12-16-8-10-18(11-9-16)19-13-17-6-4-15(3)5-7-17/h15-18H,1,4-13H2,2-3H3. The van der Waals surface area contributed by atoms with Gasteiger partial charge in [-0.05, 0) is 69.6 Å². The molecule has 110 valence electrons. The molecule has 0 spiro atoms. The van der Waals surface area contributed by atoms with Crippen LogP contribution in [0.4, 0.5) is 0 Å². The molecule has 2 rings (SSSR count). The number of rotatable bonds is 5. The van der Waals surface area contributed by atoms with Crippen molar-refractivity contribution in [3.05, 3.63) is 12.2 Å². The van der Waals surface area contributed by atoms with Crippen LogP contribution in [0.1, 0.15) is 71.6 Å². The summed E-state index contributed by atoms with van der Waals surface area (Å²) >= 11 is 0. The molecule has 0 aromatic carbocycles. The van der Waals surface area contributed by atoms with Gasteiger partial charge in [0.15, 0.2) is 0 Å². The molecule has 2 aliphatic carbocycles. The SMILES string of the molecule is C=C(C)CC1CCC(OCC2CCC(C)CC2)CC1. The zero-order chi connectivity index (χ0) is 13.7. The van der Waals surface area contributed by atoms with Crippen molar-refractivity contribution < 1.29 is 4.74 Å². The van der Waals surface area contributed by atoms with E-state index in [0.717, 1.165) is 24.4 Å². The van der Waals surface area contributed by atoms with Crippen molar-refractivity contribution >= 4 is 0 Å². The monoisotopic (exact) mass is 264 g/mol. The van der Waals surface area contributed by atoms with Crippen LogP contribution in [-0.4, -0.2) is 12.7 Å². The van der Waals surface area contributed by atoms with E-state index in [-0.39, 0.29) is 0 Å². The van der Waals surface area contributed by atoms with Crippen molar-refractivity contribution in [3.8, 4) is 0 Å². The molecule has 0 bridgehead atoms. The lowest BCUT2D eigenvalue weighted by atomic mass is 9.82. The molecule has 0 aliphatic heterocycles. The number of ether oxygens (including phenoxy) is 1. The van der Waals surface area contributed by atoms with Gasteiger partial charge in [-0.2, -0.15) is 0 Å². The van der Waals surface area contributed by atoms with E-state index in [4.69, 9.17) is 4.74 Å². The average Bonchev–Trinajstić information content (AvgIpc) is 2.39. The normalized spacial score (nSPS) is 36.1. The van der Waals surface area contributed by atoms with Crippen LogP contribution in [0.25, 0.3) is 0 Å². The molecule has 0 heterocycles. The molecule has 2 fully saturated rings. The van der Waals surface area contributed by atoms with Crippen LogP contribution in [0.5, 0.6) is 0 Å². The largest absolute Gasteiger partial charge is 0.378 e. The summed E-state index contributed by atoms with van der Waals surface area (Å²) in [7, 11) is 0. The van der Waals surface area contributed by atoms with Gasteiger partial charge in [0.1, 0.15) is 0 Å². The zero-order valence-electron chi connectivity index (χ0n) is 13.0. The maximum Gasteiger partial charge on any atom is 0.0575 e.